The summed E-state index contributed by atoms with van der Waals surface area (Å²) in [7, 11) is 0. The summed E-state index contributed by atoms with van der Waals surface area (Å²) in [6, 6.07) is 19.9. The van der Waals surface area contributed by atoms with Gasteiger partial charge in [0.15, 0.2) is 0 Å². The fourth-order valence-electron chi connectivity index (χ4n) is 3.41. The zero-order valence-electron chi connectivity index (χ0n) is 15.7. The molecule has 0 fully saturated rings. The van der Waals surface area contributed by atoms with E-state index in [0.29, 0.717) is 18.7 Å². The molecule has 0 saturated carbocycles. The van der Waals surface area contributed by atoms with Crippen LogP contribution in [-0.4, -0.2) is 21.0 Å². The van der Waals surface area contributed by atoms with E-state index in [2.05, 4.69) is 4.98 Å². The molecule has 0 bridgehead atoms. The molecule has 1 heterocycles. The van der Waals surface area contributed by atoms with Crippen molar-refractivity contribution in [1.29, 1.82) is 0 Å². The molecule has 0 aliphatic carbocycles. The van der Waals surface area contributed by atoms with Crippen LogP contribution in [0.5, 0.6) is 0 Å². The van der Waals surface area contributed by atoms with E-state index in [1.165, 1.54) is 0 Å². The number of nitrogens with zero attached hydrogens (tertiary/aromatic N) is 2. The molecule has 2 aromatic carbocycles. The number of aryl methyl sites for hydroxylation is 1. The second kappa shape index (κ2) is 8.58. The number of hydrogen-bond acceptors (Lipinski definition) is 3. The third-order valence-corrected chi connectivity index (χ3v) is 4.66. The van der Waals surface area contributed by atoms with Crippen LogP contribution in [0.2, 0.25) is 0 Å². The van der Waals surface area contributed by atoms with Crippen LogP contribution in [0.4, 0.5) is 0 Å². The molecule has 0 aliphatic rings. The average Bonchev–Trinajstić information content (AvgIpc) is 2.67. The van der Waals surface area contributed by atoms with Crippen LogP contribution < -0.4 is 0 Å². The molecule has 0 radical (unpaired) electrons. The Morgan fingerprint density at radius 1 is 1.00 bits per heavy atom. The highest BCUT2D eigenvalue weighted by Crippen LogP contribution is 2.33. The first-order valence-electron chi connectivity index (χ1n) is 9.29. The van der Waals surface area contributed by atoms with Gasteiger partial charge in [-0.05, 0) is 18.9 Å². The Hall–Kier alpha value is -3.01. The Morgan fingerprint density at radius 3 is 2.22 bits per heavy atom. The first kappa shape index (κ1) is 18.8. The Labute approximate surface area is 159 Å². The minimum Gasteiger partial charge on any atom is -0.481 e. The van der Waals surface area contributed by atoms with Crippen LogP contribution in [0.15, 0.2) is 60.7 Å². The zero-order valence-corrected chi connectivity index (χ0v) is 15.7. The van der Waals surface area contributed by atoms with Gasteiger partial charge in [-0.1, -0.05) is 74.0 Å². The minimum absolute atomic E-state index is 0.567. The summed E-state index contributed by atoms with van der Waals surface area (Å²) in [4.78, 5) is 21.4. The molecule has 4 heteroatoms. The smallest absolute Gasteiger partial charge is 0.311 e. The van der Waals surface area contributed by atoms with Gasteiger partial charge in [0.1, 0.15) is 5.82 Å². The molecule has 138 valence electrons. The van der Waals surface area contributed by atoms with Gasteiger partial charge in [0.05, 0.1) is 11.6 Å². The molecule has 1 aromatic heterocycles. The Bertz CT molecular complexity index is 908. The predicted octanol–water partition coefficient (Wildman–Crippen LogP) is 5.01. The van der Waals surface area contributed by atoms with Gasteiger partial charge in [0, 0.05) is 23.2 Å². The van der Waals surface area contributed by atoms with Gasteiger partial charge in [-0.25, -0.2) is 9.97 Å². The number of aliphatic carboxylic acids is 1. The summed E-state index contributed by atoms with van der Waals surface area (Å²) in [5, 5.41) is 9.80. The van der Waals surface area contributed by atoms with Crippen LogP contribution in [0.1, 0.15) is 48.3 Å². The highest BCUT2D eigenvalue weighted by molar-refractivity contribution is 5.80. The van der Waals surface area contributed by atoms with Crippen molar-refractivity contribution in [3.8, 4) is 11.3 Å². The number of hydrogen-bond donors (Lipinski definition) is 1. The number of benzene rings is 2. The molecular weight excluding hydrogens is 336 g/mol. The SMILES string of the molecule is CCCC(C(=O)O)c1c(C)nc(Cc2ccccc2)nc1-c1ccccc1. The maximum absolute atomic E-state index is 11.9. The summed E-state index contributed by atoms with van der Waals surface area (Å²) in [5.74, 6) is -0.713. The summed E-state index contributed by atoms with van der Waals surface area (Å²) >= 11 is 0. The Kier molecular flexibility index (Phi) is 5.97. The van der Waals surface area contributed by atoms with E-state index in [-0.39, 0.29) is 0 Å². The van der Waals surface area contributed by atoms with Crippen molar-refractivity contribution in [2.45, 2.75) is 39.0 Å². The van der Waals surface area contributed by atoms with E-state index < -0.39 is 11.9 Å². The van der Waals surface area contributed by atoms with E-state index in [9.17, 15) is 9.90 Å². The molecule has 0 spiro atoms. The second-order valence-corrected chi connectivity index (χ2v) is 6.70. The van der Waals surface area contributed by atoms with Crippen LogP contribution in [0.25, 0.3) is 11.3 Å². The molecule has 3 aromatic rings. The van der Waals surface area contributed by atoms with Crippen LogP contribution >= 0.6 is 0 Å². The number of rotatable bonds is 7. The normalized spacial score (nSPS) is 11.9. The fourth-order valence-corrected chi connectivity index (χ4v) is 3.41. The van der Waals surface area contributed by atoms with Crippen LogP contribution in [-0.2, 0) is 11.2 Å². The summed E-state index contributed by atoms with van der Waals surface area (Å²) in [6.45, 7) is 3.89. The zero-order chi connectivity index (χ0) is 19.2. The van der Waals surface area contributed by atoms with Gasteiger partial charge in [0.25, 0.3) is 0 Å². The summed E-state index contributed by atoms with van der Waals surface area (Å²) in [5.41, 5.74) is 4.26. The lowest BCUT2D eigenvalue weighted by Crippen LogP contribution is -2.17. The van der Waals surface area contributed by atoms with Crippen molar-refractivity contribution in [3.63, 3.8) is 0 Å². The van der Waals surface area contributed by atoms with Gasteiger partial charge >= 0.3 is 5.97 Å². The predicted molar refractivity (Wildman–Crippen MR) is 107 cm³/mol. The third kappa shape index (κ3) is 4.40. The van der Waals surface area contributed by atoms with Crippen molar-refractivity contribution < 1.29 is 9.90 Å². The third-order valence-electron chi connectivity index (χ3n) is 4.66. The molecule has 1 unspecified atom stereocenters. The highest BCUT2D eigenvalue weighted by atomic mass is 16.4. The number of aromatic nitrogens is 2. The molecule has 1 N–H and O–H groups in total. The number of carboxylic acids is 1. The molecular formula is C23H24N2O2. The van der Waals surface area contributed by atoms with Gasteiger partial charge in [0.2, 0.25) is 0 Å². The highest BCUT2D eigenvalue weighted by Gasteiger charge is 2.26. The van der Waals surface area contributed by atoms with E-state index in [0.717, 1.165) is 34.5 Å². The first-order chi connectivity index (χ1) is 13.1. The van der Waals surface area contributed by atoms with E-state index in [1.54, 1.807) is 0 Å². The monoisotopic (exact) mass is 360 g/mol. The molecule has 3 rings (SSSR count). The van der Waals surface area contributed by atoms with Gasteiger partial charge in [-0.3, -0.25) is 4.79 Å². The Morgan fingerprint density at radius 2 is 1.63 bits per heavy atom. The lowest BCUT2D eigenvalue weighted by atomic mass is 9.89. The molecule has 1 atom stereocenters. The van der Waals surface area contributed by atoms with Gasteiger partial charge in [-0.2, -0.15) is 0 Å². The lowest BCUT2D eigenvalue weighted by Gasteiger charge is -2.19. The maximum atomic E-state index is 11.9. The Balaban J connectivity index is 2.13. The topological polar surface area (TPSA) is 63.1 Å². The lowest BCUT2D eigenvalue weighted by molar-refractivity contribution is -0.139. The first-order valence-corrected chi connectivity index (χ1v) is 9.29. The van der Waals surface area contributed by atoms with Crippen molar-refractivity contribution in [2.24, 2.45) is 0 Å². The van der Waals surface area contributed by atoms with E-state index in [1.807, 2.05) is 74.5 Å². The fraction of sp³-hybridized carbons (Fsp3) is 0.261. The number of carboxylic acid groups (broad SMARTS) is 1. The quantitative estimate of drug-likeness (QED) is 0.643. The van der Waals surface area contributed by atoms with Crippen LogP contribution in [0.3, 0.4) is 0 Å². The average molecular weight is 360 g/mol. The van der Waals surface area contributed by atoms with E-state index >= 15 is 0 Å². The summed E-state index contributed by atoms with van der Waals surface area (Å²) < 4.78 is 0. The number of carbonyl (C=O) groups is 1. The van der Waals surface area contributed by atoms with Gasteiger partial charge < -0.3 is 5.11 Å². The van der Waals surface area contributed by atoms with Crippen molar-refractivity contribution >= 4 is 5.97 Å². The van der Waals surface area contributed by atoms with Crippen molar-refractivity contribution in [1.82, 2.24) is 9.97 Å². The van der Waals surface area contributed by atoms with Crippen LogP contribution in [0, 0.1) is 6.92 Å². The second-order valence-electron chi connectivity index (χ2n) is 6.70. The van der Waals surface area contributed by atoms with Gasteiger partial charge in [-0.15, -0.1) is 0 Å². The maximum Gasteiger partial charge on any atom is 0.311 e. The van der Waals surface area contributed by atoms with Crippen molar-refractivity contribution in [2.75, 3.05) is 0 Å². The van der Waals surface area contributed by atoms with Crippen molar-refractivity contribution in [3.05, 3.63) is 83.3 Å². The summed E-state index contributed by atoms with van der Waals surface area (Å²) in [6.07, 6.45) is 1.97. The van der Waals surface area contributed by atoms with E-state index in [4.69, 9.17) is 4.98 Å². The molecule has 4 nitrogen and oxygen atoms in total. The molecule has 0 aliphatic heterocycles. The standard InChI is InChI=1S/C23H24N2O2/c1-3-10-19(23(26)27)21-16(2)24-20(15-17-11-6-4-7-12-17)25-22(21)18-13-8-5-9-14-18/h4-9,11-14,19H,3,10,15H2,1-2H3,(H,26,27). The minimum atomic E-state index is -0.823. The largest absolute Gasteiger partial charge is 0.481 e. The molecule has 27 heavy (non-hydrogen) atoms. The molecule has 0 saturated heterocycles. The molecule has 0 amide bonds.